The third-order valence-electron chi connectivity index (χ3n) is 5.29. The molecule has 158 valence electrons. The third-order valence-corrected chi connectivity index (χ3v) is 5.29. The quantitative estimate of drug-likeness (QED) is 0.644. The molecule has 1 saturated heterocycles. The average Bonchev–Trinajstić information content (AvgIpc) is 3.42. The second kappa shape index (κ2) is 8.64. The van der Waals surface area contributed by atoms with E-state index in [2.05, 4.69) is 20.3 Å². The van der Waals surface area contributed by atoms with E-state index in [0.29, 0.717) is 37.7 Å². The van der Waals surface area contributed by atoms with Gasteiger partial charge in [0.2, 0.25) is 5.91 Å². The van der Waals surface area contributed by atoms with E-state index in [1.165, 1.54) is 12.1 Å². The van der Waals surface area contributed by atoms with Crippen molar-refractivity contribution in [2.75, 3.05) is 19.7 Å². The van der Waals surface area contributed by atoms with E-state index in [0.717, 1.165) is 23.6 Å². The van der Waals surface area contributed by atoms with Crippen molar-refractivity contribution in [3.63, 3.8) is 0 Å². The van der Waals surface area contributed by atoms with Gasteiger partial charge in [0.05, 0.1) is 12.3 Å². The van der Waals surface area contributed by atoms with Gasteiger partial charge in [-0.25, -0.2) is 14.1 Å². The van der Waals surface area contributed by atoms with Gasteiger partial charge in [-0.15, -0.1) is 0 Å². The number of aromatic nitrogens is 5. The number of hydrogen-bond acceptors (Lipinski definition) is 5. The first-order chi connectivity index (χ1) is 14.5. The summed E-state index contributed by atoms with van der Waals surface area (Å²) in [5.74, 6) is 1.87. The molecule has 3 aromatic rings. The lowest BCUT2D eigenvalue weighted by Crippen LogP contribution is -2.32. The predicted octanol–water partition coefficient (Wildman–Crippen LogP) is 2.39. The summed E-state index contributed by atoms with van der Waals surface area (Å²) in [6.07, 6.45) is 1.52. The van der Waals surface area contributed by atoms with Crippen molar-refractivity contribution < 1.29 is 13.9 Å². The molecule has 4 rings (SSSR count). The molecule has 1 N–H and O–H groups in total. The molecule has 0 unspecified atom stereocenters. The third kappa shape index (κ3) is 4.67. The number of benzene rings is 1. The van der Waals surface area contributed by atoms with Gasteiger partial charge in [-0.2, -0.15) is 10.2 Å². The number of aromatic amines is 1. The van der Waals surface area contributed by atoms with Crippen LogP contribution in [0.1, 0.15) is 35.4 Å². The van der Waals surface area contributed by atoms with Crippen molar-refractivity contribution in [1.29, 1.82) is 0 Å². The zero-order chi connectivity index (χ0) is 21.1. The molecule has 1 aromatic carbocycles. The van der Waals surface area contributed by atoms with E-state index in [4.69, 9.17) is 4.74 Å². The monoisotopic (exact) mass is 412 g/mol. The Balaban J connectivity index is 1.28. The molecule has 3 heterocycles. The number of nitrogens with zero attached hydrogens (tertiary/aromatic N) is 5. The largest absolute Gasteiger partial charge is 0.493 e. The summed E-state index contributed by atoms with van der Waals surface area (Å²) in [4.78, 5) is 18.7. The molecular formula is C21H25FN6O2. The molecule has 0 aliphatic carbocycles. The number of carbonyl (C=O) groups is 1. The van der Waals surface area contributed by atoms with Crippen LogP contribution in [0.15, 0.2) is 30.3 Å². The number of amides is 1. The van der Waals surface area contributed by atoms with E-state index in [-0.39, 0.29) is 24.2 Å². The van der Waals surface area contributed by atoms with Gasteiger partial charge in [-0.05, 0) is 38.5 Å². The minimum Gasteiger partial charge on any atom is -0.493 e. The van der Waals surface area contributed by atoms with Gasteiger partial charge in [0, 0.05) is 37.2 Å². The summed E-state index contributed by atoms with van der Waals surface area (Å²) in [6.45, 7) is 5.66. The lowest BCUT2D eigenvalue weighted by molar-refractivity contribution is -0.131. The fourth-order valence-corrected chi connectivity index (χ4v) is 3.72. The van der Waals surface area contributed by atoms with Gasteiger partial charge in [0.25, 0.3) is 0 Å². The van der Waals surface area contributed by atoms with Crippen LogP contribution in [-0.4, -0.2) is 55.5 Å². The highest BCUT2D eigenvalue weighted by Crippen LogP contribution is 2.26. The van der Waals surface area contributed by atoms with Crippen LogP contribution >= 0.6 is 0 Å². The maximum atomic E-state index is 13.2. The number of rotatable bonds is 7. The van der Waals surface area contributed by atoms with Crippen molar-refractivity contribution in [3.8, 4) is 5.75 Å². The first-order valence-electron chi connectivity index (χ1n) is 10.1. The first-order valence-corrected chi connectivity index (χ1v) is 10.1. The van der Waals surface area contributed by atoms with Crippen molar-refractivity contribution in [1.82, 2.24) is 29.9 Å². The number of hydrogen-bond donors (Lipinski definition) is 1. The fourth-order valence-electron chi connectivity index (χ4n) is 3.72. The minimum atomic E-state index is -0.314. The number of halogens is 1. The van der Waals surface area contributed by atoms with Gasteiger partial charge in [0.15, 0.2) is 0 Å². The average molecular weight is 412 g/mol. The predicted molar refractivity (Wildman–Crippen MR) is 108 cm³/mol. The molecule has 0 bridgehead atoms. The highest BCUT2D eigenvalue weighted by Gasteiger charge is 2.29. The summed E-state index contributed by atoms with van der Waals surface area (Å²) in [5, 5.41) is 11.7. The summed E-state index contributed by atoms with van der Waals surface area (Å²) in [5.41, 5.74) is 1.92. The highest BCUT2D eigenvalue weighted by atomic mass is 19.1. The molecule has 30 heavy (non-hydrogen) atoms. The normalized spacial score (nSPS) is 16.2. The summed E-state index contributed by atoms with van der Waals surface area (Å²) in [7, 11) is 0. The molecule has 0 spiro atoms. The Bertz CT molecular complexity index is 1030. The smallest absolute Gasteiger partial charge is 0.244 e. The topological polar surface area (TPSA) is 88.9 Å². The lowest BCUT2D eigenvalue weighted by atomic mass is 10.0. The van der Waals surface area contributed by atoms with Gasteiger partial charge in [-0.1, -0.05) is 6.07 Å². The van der Waals surface area contributed by atoms with Gasteiger partial charge in [0.1, 0.15) is 29.8 Å². The van der Waals surface area contributed by atoms with E-state index < -0.39 is 0 Å². The zero-order valence-electron chi connectivity index (χ0n) is 17.1. The number of ether oxygens (including phenoxy) is 1. The van der Waals surface area contributed by atoms with Gasteiger partial charge in [-0.3, -0.25) is 9.89 Å². The second-order valence-electron chi connectivity index (χ2n) is 7.56. The Kier molecular flexibility index (Phi) is 5.78. The number of likely N-dealkylation sites (tertiary alicyclic amines) is 1. The summed E-state index contributed by atoms with van der Waals surface area (Å²) < 4.78 is 20.4. The maximum Gasteiger partial charge on any atom is 0.244 e. The molecule has 2 aromatic heterocycles. The van der Waals surface area contributed by atoms with Crippen LogP contribution in [-0.2, 0) is 17.8 Å². The number of aryl methyl sites for hydroxylation is 2. The van der Waals surface area contributed by atoms with Crippen LogP contribution in [0.25, 0.3) is 0 Å². The molecule has 0 saturated carbocycles. The van der Waals surface area contributed by atoms with Gasteiger partial charge >= 0.3 is 0 Å². The van der Waals surface area contributed by atoms with E-state index >= 15 is 0 Å². The van der Waals surface area contributed by atoms with Crippen LogP contribution in [0.4, 0.5) is 4.39 Å². The van der Waals surface area contributed by atoms with Crippen LogP contribution in [0, 0.1) is 19.7 Å². The molecular weight excluding hydrogens is 387 g/mol. The Hall–Kier alpha value is -3.23. The fraction of sp³-hybridized carbons (Fsp3) is 0.429. The SMILES string of the molecule is Cc1nc(C)n(CC(=O)N2CC[C@@H](c3cc(CCOc4cccc(F)c4)[nH]n3)C2)n1. The van der Waals surface area contributed by atoms with Crippen molar-refractivity contribution in [2.24, 2.45) is 0 Å². The Morgan fingerprint density at radius 2 is 2.20 bits per heavy atom. The minimum absolute atomic E-state index is 0.0461. The van der Waals surface area contributed by atoms with Crippen molar-refractivity contribution in [2.45, 2.75) is 39.2 Å². The highest BCUT2D eigenvalue weighted by molar-refractivity contribution is 5.76. The lowest BCUT2D eigenvalue weighted by Gasteiger charge is -2.16. The molecule has 1 aliphatic heterocycles. The maximum absolute atomic E-state index is 13.2. The molecule has 9 heteroatoms. The molecule has 8 nitrogen and oxygen atoms in total. The number of H-pyrrole nitrogens is 1. The number of nitrogens with one attached hydrogen (secondary N) is 1. The van der Waals surface area contributed by atoms with Crippen LogP contribution in [0.5, 0.6) is 5.75 Å². The van der Waals surface area contributed by atoms with Crippen LogP contribution in [0.3, 0.4) is 0 Å². The summed E-state index contributed by atoms with van der Waals surface area (Å²) >= 11 is 0. The molecule has 1 aliphatic rings. The molecule has 1 amide bonds. The van der Waals surface area contributed by atoms with E-state index in [9.17, 15) is 9.18 Å². The van der Waals surface area contributed by atoms with Crippen LogP contribution in [0.2, 0.25) is 0 Å². The summed E-state index contributed by atoms with van der Waals surface area (Å²) in [6, 6.07) is 8.13. The Morgan fingerprint density at radius 3 is 2.97 bits per heavy atom. The number of carbonyl (C=O) groups excluding carboxylic acids is 1. The van der Waals surface area contributed by atoms with Crippen LogP contribution < -0.4 is 4.74 Å². The molecule has 1 atom stereocenters. The molecule has 1 fully saturated rings. The Morgan fingerprint density at radius 1 is 1.33 bits per heavy atom. The van der Waals surface area contributed by atoms with Crippen molar-refractivity contribution >= 4 is 5.91 Å². The zero-order valence-corrected chi connectivity index (χ0v) is 17.1. The molecule has 0 radical (unpaired) electrons. The van der Waals surface area contributed by atoms with E-state index in [1.54, 1.807) is 16.8 Å². The standard InChI is InChI=1S/C21H25FN6O2/c1-14-23-15(2)28(26-14)13-21(29)27-8-6-16(12-27)20-11-18(24-25-20)7-9-30-19-5-3-4-17(22)10-19/h3-5,10-11,16H,6-9,12-13H2,1-2H3,(H,24,25)/t16-/m1/s1. The first kappa shape index (κ1) is 20.1. The second-order valence-corrected chi connectivity index (χ2v) is 7.56. The van der Waals surface area contributed by atoms with Gasteiger partial charge < -0.3 is 9.64 Å². The van der Waals surface area contributed by atoms with E-state index in [1.807, 2.05) is 24.8 Å². The van der Waals surface area contributed by atoms with Crippen molar-refractivity contribution in [3.05, 3.63) is 59.2 Å². The Labute approximate surface area is 174 Å².